The average Bonchev–Trinajstić information content (AvgIpc) is 3.47. The Morgan fingerprint density at radius 2 is 1.40 bits per heavy atom. The van der Waals surface area contributed by atoms with Gasteiger partial charge < -0.3 is 58.3 Å². The second-order valence-electron chi connectivity index (χ2n) is 19.6. The van der Waals surface area contributed by atoms with Gasteiger partial charge in [-0.1, -0.05) is 27.4 Å². The van der Waals surface area contributed by atoms with Crippen molar-refractivity contribution in [3.8, 4) is 0 Å². The highest BCUT2D eigenvalue weighted by atomic mass is 16.7. The molecule has 9 aliphatic rings. The van der Waals surface area contributed by atoms with Crippen molar-refractivity contribution in [1.29, 1.82) is 0 Å². The molecule has 12 heteroatoms. The Hall–Kier alpha value is -1.16. The maximum absolute atomic E-state index is 11.5. The van der Waals surface area contributed by atoms with Gasteiger partial charge >= 0.3 is 0 Å². The van der Waals surface area contributed by atoms with E-state index >= 15 is 0 Å². The molecular weight excluding hydrogens is 708 g/mol. The van der Waals surface area contributed by atoms with E-state index in [0.29, 0.717) is 43.5 Å². The van der Waals surface area contributed by atoms with Gasteiger partial charge in [-0.2, -0.15) is 0 Å². The number of hydrogen-bond acceptors (Lipinski definition) is 12. The summed E-state index contributed by atoms with van der Waals surface area (Å²) in [7, 11) is 0. The van der Waals surface area contributed by atoms with E-state index in [1.165, 1.54) is 5.57 Å². The van der Waals surface area contributed by atoms with Crippen LogP contribution in [0.4, 0.5) is 0 Å². The van der Waals surface area contributed by atoms with E-state index in [0.717, 1.165) is 44.9 Å². The average molecular weight is 775 g/mol. The summed E-state index contributed by atoms with van der Waals surface area (Å²) in [5.41, 5.74) is 0.790. The topological polar surface area (TPSA) is 158 Å². The van der Waals surface area contributed by atoms with Crippen molar-refractivity contribution in [3.05, 3.63) is 24.0 Å². The normalized spacial score (nSPS) is 57.5. The van der Waals surface area contributed by atoms with Crippen molar-refractivity contribution >= 4 is 0 Å². The van der Waals surface area contributed by atoms with E-state index < -0.39 is 55.5 Å². The van der Waals surface area contributed by atoms with Crippen LogP contribution < -0.4 is 0 Å². The molecule has 8 fully saturated rings. The van der Waals surface area contributed by atoms with E-state index in [1.54, 1.807) is 6.92 Å². The van der Waals surface area contributed by atoms with Crippen molar-refractivity contribution in [1.82, 2.24) is 0 Å². The molecule has 14 unspecified atom stereocenters. The minimum atomic E-state index is -0.931. The van der Waals surface area contributed by atoms with Crippen molar-refractivity contribution < 1.29 is 58.3 Å². The van der Waals surface area contributed by atoms with Crippen molar-refractivity contribution in [2.24, 2.45) is 34.5 Å². The van der Waals surface area contributed by atoms with Crippen molar-refractivity contribution in [2.75, 3.05) is 6.61 Å². The minimum Gasteiger partial charge on any atom is -0.490 e. The van der Waals surface area contributed by atoms with Crippen LogP contribution in [0, 0.1) is 34.5 Å². The lowest BCUT2D eigenvalue weighted by Gasteiger charge is -2.58. The van der Waals surface area contributed by atoms with Crippen LogP contribution in [-0.4, -0.2) is 118 Å². The highest BCUT2D eigenvalue weighted by Crippen LogP contribution is 2.81. The Bertz CT molecular complexity index is 1470. The molecule has 5 aliphatic heterocycles. The van der Waals surface area contributed by atoms with Gasteiger partial charge in [0.25, 0.3) is 0 Å². The summed E-state index contributed by atoms with van der Waals surface area (Å²) in [6, 6.07) is 0. The molecule has 0 aromatic heterocycles. The summed E-state index contributed by atoms with van der Waals surface area (Å²) in [6.45, 7) is 17.1. The Balaban J connectivity index is 0.777. The predicted octanol–water partition coefficient (Wildman–Crippen LogP) is 4.64. The van der Waals surface area contributed by atoms with Crippen LogP contribution in [0.5, 0.6) is 0 Å². The second-order valence-corrected chi connectivity index (χ2v) is 19.6. The highest BCUT2D eigenvalue weighted by Gasteiger charge is 2.87. The number of aliphatic hydroxyl groups is 4. The molecule has 0 bridgehead atoms. The third-order valence-electron chi connectivity index (χ3n) is 16.6. The van der Waals surface area contributed by atoms with Gasteiger partial charge in [-0.3, -0.25) is 0 Å². The zero-order valence-corrected chi connectivity index (χ0v) is 33.6. The molecule has 0 amide bonds. The molecule has 0 radical (unpaired) electrons. The van der Waals surface area contributed by atoms with Gasteiger partial charge in [0, 0.05) is 37.0 Å². The lowest BCUT2D eigenvalue weighted by Crippen LogP contribution is -2.59. The van der Waals surface area contributed by atoms with E-state index in [1.807, 2.05) is 13.8 Å². The van der Waals surface area contributed by atoms with Crippen molar-refractivity contribution in [2.45, 2.75) is 203 Å². The zero-order chi connectivity index (χ0) is 38.8. The fraction of sp³-hybridized carbons (Fsp3) is 0.907. The van der Waals surface area contributed by atoms with Gasteiger partial charge in [0.15, 0.2) is 18.9 Å². The molecule has 4 saturated heterocycles. The molecule has 0 aromatic carbocycles. The van der Waals surface area contributed by atoms with Crippen LogP contribution in [0.25, 0.3) is 0 Å². The van der Waals surface area contributed by atoms with E-state index in [2.05, 4.69) is 33.4 Å². The molecule has 21 atom stereocenters. The largest absolute Gasteiger partial charge is 0.490 e. The molecule has 5 heterocycles. The minimum absolute atomic E-state index is 0.0497. The van der Waals surface area contributed by atoms with Gasteiger partial charge in [0.05, 0.1) is 48.8 Å². The summed E-state index contributed by atoms with van der Waals surface area (Å²) in [4.78, 5) is 0. The first-order valence-electron chi connectivity index (χ1n) is 21.4. The standard InChI is InChI=1S/C43H66O12/c1-21-14-33(50-24(4)38(21)53-35-17-29(44)37(47)23(3)49-35)54-39-25(5)51-34(18-30(39)45)52-28-9-11-40(6)27(16-28)8-13-42-32(40)10-12-41(7)36(26-15-22(2)48-20-26)31(46)19-43(41,42)55-42/h15,21,23-25,27-39,44-47H,2,8-14,16-20H2,1,3-7H3/t21?,23?,24?,25?,27-,28?,29?,30?,31?,32?,33?,34-,35?,36?,37?,38-,39-,40-,41-,42?,43+/m1/s1. The quantitative estimate of drug-likeness (QED) is 0.210. The molecule has 0 aromatic rings. The molecule has 55 heavy (non-hydrogen) atoms. The lowest BCUT2D eigenvalue weighted by atomic mass is 9.44. The first-order chi connectivity index (χ1) is 26.1. The van der Waals surface area contributed by atoms with Crippen molar-refractivity contribution in [3.63, 3.8) is 0 Å². The molecule has 9 rings (SSSR count). The Morgan fingerprint density at radius 3 is 2.09 bits per heavy atom. The van der Waals surface area contributed by atoms with Crippen LogP contribution in [0.2, 0.25) is 0 Å². The molecule has 4 aliphatic carbocycles. The molecule has 4 N–H and O–H groups in total. The number of ether oxygens (including phenoxy) is 8. The van der Waals surface area contributed by atoms with Crippen LogP contribution in [-0.2, 0) is 37.9 Å². The smallest absolute Gasteiger partial charge is 0.161 e. The summed E-state index contributed by atoms with van der Waals surface area (Å²) < 4.78 is 50.6. The monoisotopic (exact) mass is 774 g/mol. The first kappa shape index (κ1) is 39.3. The summed E-state index contributed by atoms with van der Waals surface area (Å²) >= 11 is 0. The lowest BCUT2D eigenvalue weighted by molar-refractivity contribution is -0.330. The Labute approximate surface area is 326 Å². The number of allylic oxidation sites excluding steroid dienone is 1. The van der Waals surface area contributed by atoms with Gasteiger partial charge in [0.2, 0.25) is 0 Å². The van der Waals surface area contributed by atoms with Gasteiger partial charge in [-0.25, -0.2) is 0 Å². The maximum Gasteiger partial charge on any atom is 0.161 e. The number of rotatable bonds is 7. The van der Waals surface area contributed by atoms with Gasteiger partial charge in [-0.15, -0.1) is 0 Å². The molecular formula is C43H66O12. The number of epoxide rings is 1. The molecule has 4 saturated carbocycles. The Kier molecular flexibility index (Phi) is 9.98. The first-order valence-corrected chi connectivity index (χ1v) is 21.4. The third-order valence-corrected chi connectivity index (χ3v) is 16.6. The van der Waals surface area contributed by atoms with Gasteiger partial charge in [-0.05, 0) is 101 Å². The van der Waals surface area contributed by atoms with Crippen LogP contribution in [0.3, 0.4) is 0 Å². The maximum atomic E-state index is 11.5. The van der Waals surface area contributed by atoms with Gasteiger partial charge in [0.1, 0.15) is 35.8 Å². The number of hydrogen-bond donors (Lipinski definition) is 4. The SMILES string of the molecule is C=C1C=C(C2C(O)C[C@@]34OC35CC[C@@H]3CC(O[C@@H]6CC(O)[C@H](OC7CC(C)[C@@H](OC8CC(O)C(O)C(C)O8)C(C)O7)C(C)O6)CC[C@@]3(C)C5CC[C@]24C)CO1. The predicted molar refractivity (Wildman–Crippen MR) is 198 cm³/mol. The van der Waals surface area contributed by atoms with E-state index in [4.69, 9.17) is 37.9 Å². The summed E-state index contributed by atoms with van der Waals surface area (Å²) in [5, 5.41) is 43.2. The number of fused-ring (bicyclic) bond motifs is 2. The molecule has 12 nitrogen and oxygen atoms in total. The van der Waals surface area contributed by atoms with E-state index in [9.17, 15) is 20.4 Å². The van der Waals surface area contributed by atoms with Crippen LogP contribution in [0.15, 0.2) is 24.0 Å². The Morgan fingerprint density at radius 1 is 0.727 bits per heavy atom. The third kappa shape index (κ3) is 6.17. The zero-order valence-electron chi connectivity index (χ0n) is 33.6. The van der Waals surface area contributed by atoms with E-state index in [-0.39, 0.29) is 64.7 Å². The van der Waals surface area contributed by atoms with Crippen LogP contribution in [0.1, 0.15) is 112 Å². The molecule has 2 spiro atoms. The fourth-order valence-electron chi connectivity index (χ4n) is 13.8. The second kappa shape index (κ2) is 14.0. The summed E-state index contributed by atoms with van der Waals surface area (Å²) in [5.74, 6) is 1.80. The fourth-order valence-corrected chi connectivity index (χ4v) is 13.8. The summed E-state index contributed by atoms with van der Waals surface area (Å²) in [6.07, 6.45) is 4.49. The van der Waals surface area contributed by atoms with Crippen LogP contribution >= 0.6 is 0 Å². The highest BCUT2D eigenvalue weighted by molar-refractivity contribution is 5.40. The molecule has 310 valence electrons. The number of aliphatic hydroxyl groups excluding tert-OH is 4.